The van der Waals surface area contributed by atoms with Crippen molar-refractivity contribution in [3.05, 3.63) is 47.5 Å². The normalized spacial score (nSPS) is 12.3. The standard InChI is InChI=1S/C18H20O8S/c1-24-15-7-5-12(9-17(15)26-3)18(27(21,22)23)10-14(20)11-4-6-13(19)16(8-11)25-2/h4-9,18-19H,10H2,1-3H3,(H,21,22,23). The predicted octanol–water partition coefficient (Wildman–Crippen LogP) is 2.62. The van der Waals surface area contributed by atoms with Crippen molar-refractivity contribution >= 4 is 15.9 Å². The number of phenols is 1. The molecule has 27 heavy (non-hydrogen) atoms. The van der Waals surface area contributed by atoms with E-state index in [2.05, 4.69) is 0 Å². The number of hydrogen-bond donors (Lipinski definition) is 2. The molecule has 0 aliphatic heterocycles. The molecule has 0 aromatic heterocycles. The van der Waals surface area contributed by atoms with E-state index in [4.69, 9.17) is 14.2 Å². The first-order chi connectivity index (χ1) is 12.7. The maximum atomic E-state index is 12.6. The van der Waals surface area contributed by atoms with Crippen LogP contribution in [-0.4, -0.2) is 45.2 Å². The summed E-state index contributed by atoms with van der Waals surface area (Å²) in [7, 11) is -0.443. The first kappa shape index (κ1) is 20.5. The highest BCUT2D eigenvalue weighted by Gasteiger charge is 2.29. The molecular weight excluding hydrogens is 376 g/mol. The van der Waals surface area contributed by atoms with E-state index in [-0.39, 0.29) is 28.4 Å². The Balaban J connectivity index is 2.40. The number of phenolic OH excluding ortho intramolecular Hbond substituents is 1. The molecule has 2 aromatic carbocycles. The van der Waals surface area contributed by atoms with E-state index in [9.17, 15) is 22.9 Å². The molecule has 0 aliphatic carbocycles. The molecule has 2 N–H and O–H groups in total. The summed E-state index contributed by atoms with van der Waals surface area (Å²) in [5, 5.41) is 8.12. The molecule has 146 valence electrons. The Bertz CT molecular complexity index is 936. The topological polar surface area (TPSA) is 119 Å². The second-order valence-corrected chi connectivity index (χ2v) is 7.23. The number of carbonyl (C=O) groups excluding carboxylic acids is 1. The largest absolute Gasteiger partial charge is 0.504 e. The summed E-state index contributed by atoms with van der Waals surface area (Å²) in [4.78, 5) is 12.6. The summed E-state index contributed by atoms with van der Waals surface area (Å²) < 4.78 is 48.6. The molecule has 0 fully saturated rings. The molecule has 9 heteroatoms. The molecule has 8 nitrogen and oxygen atoms in total. The number of hydrogen-bond acceptors (Lipinski definition) is 7. The first-order valence-electron chi connectivity index (χ1n) is 7.79. The third-order valence-electron chi connectivity index (χ3n) is 4.01. The summed E-state index contributed by atoms with van der Waals surface area (Å²) in [5.74, 6) is 0.0219. The van der Waals surface area contributed by atoms with Gasteiger partial charge in [0.15, 0.2) is 28.8 Å². The van der Waals surface area contributed by atoms with Gasteiger partial charge in [0.25, 0.3) is 10.1 Å². The molecule has 1 atom stereocenters. The lowest BCUT2D eigenvalue weighted by atomic mass is 10.0. The van der Waals surface area contributed by atoms with Crippen molar-refractivity contribution in [3.8, 4) is 23.0 Å². The van der Waals surface area contributed by atoms with Crippen molar-refractivity contribution in [2.45, 2.75) is 11.7 Å². The van der Waals surface area contributed by atoms with Crippen LogP contribution in [0.5, 0.6) is 23.0 Å². The summed E-state index contributed by atoms with van der Waals surface area (Å²) in [6, 6.07) is 8.22. The van der Waals surface area contributed by atoms with Gasteiger partial charge in [-0.25, -0.2) is 0 Å². The van der Waals surface area contributed by atoms with E-state index >= 15 is 0 Å². The van der Waals surface area contributed by atoms with Gasteiger partial charge in [0, 0.05) is 12.0 Å². The van der Waals surface area contributed by atoms with Crippen LogP contribution in [-0.2, 0) is 10.1 Å². The summed E-state index contributed by atoms with van der Waals surface area (Å²) >= 11 is 0. The third kappa shape index (κ3) is 4.69. The maximum Gasteiger partial charge on any atom is 0.272 e. The minimum atomic E-state index is -4.59. The molecule has 2 aromatic rings. The molecular formula is C18H20O8S. The van der Waals surface area contributed by atoms with E-state index < -0.39 is 27.6 Å². The van der Waals surface area contributed by atoms with Crippen LogP contribution in [0.4, 0.5) is 0 Å². The highest BCUT2D eigenvalue weighted by Crippen LogP contribution is 2.35. The van der Waals surface area contributed by atoms with Crippen LogP contribution >= 0.6 is 0 Å². The van der Waals surface area contributed by atoms with Gasteiger partial charge in [0.05, 0.1) is 21.3 Å². The zero-order valence-electron chi connectivity index (χ0n) is 15.0. The number of rotatable bonds is 8. The summed E-state index contributed by atoms with van der Waals surface area (Å²) in [6.07, 6.45) is -0.512. The van der Waals surface area contributed by atoms with Crippen LogP contribution in [0.3, 0.4) is 0 Å². The van der Waals surface area contributed by atoms with Crippen LogP contribution in [0, 0.1) is 0 Å². The number of Topliss-reactive ketones (excluding diaryl/α,β-unsaturated/α-hetero) is 1. The smallest absolute Gasteiger partial charge is 0.272 e. The van der Waals surface area contributed by atoms with Crippen molar-refractivity contribution in [2.24, 2.45) is 0 Å². The van der Waals surface area contributed by atoms with Gasteiger partial charge in [0.1, 0.15) is 5.25 Å². The van der Waals surface area contributed by atoms with Crippen molar-refractivity contribution < 1.29 is 37.1 Å². The fourth-order valence-corrected chi connectivity index (χ4v) is 3.44. The minimum absolute atomic E-state index is 0.0790. The van der Waals surface area contributed by atoms with Crippen LogP contribution in [0.15, 0.2) is 36.4 Å². The van der Waals surface area contributed by atoms with Crippen molar-refractivity contribution in [1.29, 1.82) is 0 Å². The molecule has 0 bridgehead atoms. The van der Waals surface area contributed by atoms with Crippen LogP contribution in [0.1, 0.15) is 27.6 Å². The Hall–Kier alpha value is -2.78. The molecule has 0 amide bonds. The van der Waals surface area contributed by atoms with E-state index in [0.717, 1.165) is 0 Å². The van der Waals surface area contributed by atoms with Crippen molar-refractivity contribution in [3.63, 3.8) is 0 Å². The van der Waals surface area contributed by atoms with Crippen molar-refractivity contribution in [2.75, 3.05) is 21.3 Å². The molecule has 0 aliphatic rings. The second-order valence-electron chi connectivity index (χ2n) is 5.63. The van der Waals surface area contributed by atoms with E-state index in [1.807, 2.05) is 0 Å². The molecule has 2 rings (SSSR count). The predicted molar refractivity (Wildman–Crippen MR) is 97.4 cm³/mol. The number of methoxy groups -OCH3 is 3. The van der Waals surface area contributed by atoms with Crippen LogP contribution < -0.4 is 14.2 Å². The highest BCUT2D eigenvalue weighted by atomic mass is 32.2. The second kappa shape index (κ2) is 8.28. The fourth-order valence-electron chi connectivity index (χ4n) is 2.59. The van der Waals surface area contributed by atoms with Gasteiger partial charge in [-0.3, -0.25) is 9.35 Å². The quantitative estimate of drug-likeness (QED) is 0.516. The Morgan fingerprint density at radius 2 is 1.59 bits per heavy atom. The minimum Gasteiger partial charge on any atom is -0.504 e. The van der Waals surface area contributed by atoms with Gasteiger partial charge in [-0.05, 0) is 35.9 Å². The monoisotopic (exact) mass is 396 g/mol. The van der Waals surface area contributed by atoms with Gasteiger partial charge < -0.3 is 19.3 Å². The first-order valence-corrected chi connectivity index (χ1v) is 9.30. The Morgan fingerprint density at radius 1 is 0.963 bits per heavy atom. The SMILES string of the molecule is COc1cc(C(=O)CC(c2ccc(OC)c(OC)c2)S(=O)(=O)O)ccc1O. The number of carbonyl (C=O) groups is 1. The third-order valence-corrected chi connectivity index (χ3v) is 5.17. The highest BCUT2D eigenvalue weighted by molar-refractivity contribution is 7.86. The van der Waals surface area contributed by atoms with Crippen LogP contribution in [0.25, 0.3) is 0 Å². The molecule has 1 unspecified atom stereocenters. The lowest BCUT2D eigenvalue weighted by molar-refractivity contribution is 0.0979. The van der Waals surface area contributed by atoms with E-state index in [1.54, 1.807) is 0 Å². The zero-order valence-corrected chi connectivity index (χ0v) is 15.8. The lowest BCUT2D eigenvalue weighted by Crippen LogP contribution is -2.17. The molecule has 0 saturated carbocycles. The molecule has 0 saturated heterocycles. The molecule has 0 spiro atoms. The number of aromatic hydroxyl groups is 1. The van der Waals surface area contributed by atoms with Gasteiger partial charge in [-0.2, -0.15) is 8.42 Å². The van der Waals surface area contributed by atoms with Crippen molar-refractivity contribution in [1.82, 2.24) is 0 Å². The summed E-state index contributed by atoms with van der Waals surface area (Å²) in [6.45, 7) is 0. The Kier molecular flexibility index (Phi) is 6.29. The average molecular weight is 396 g/mol. The average Bonchev–Trinajstić information content (AvgIpc) is 2.64. The number of ether oxygens (including phenoxy) is 3. The zero-order chi connectivity index (χ0) is 20.2. The summed E-state index contributed by atoms with van der Waals surface area (Å²) in [5.41, 5.74) is 0.313. The molecule has 0 radical (unpaired) electrons. The Morgan fingerprint density at radius 3 is 2.15 bits per heavy atom. The van der Waals surface area contributed by atoms with Gasteiger partial charge in [-0.1, -0.05) is 6.07 Å². The molecule has 0 heterocycles. The number of benzene rings is 2. The Labute approximate surface area is 157 Å². The number of ketones is 1. The van der Waals surface area contributed by atoms with Gasteiger partial charge in [0.2, 0.25) is 0 Å². The maximum absolute atomic E-state index is 12.6. The van der Waals surface area contributed by atoms with E-state index in [1.165, 1.54) is 57.7 Å². The van der Waals surface area contributed by atoms with Gasteiger partial charge >= 0.3 is 0 Å². The fraction of sp³-hybridized carbons (Fsp3) is 0.278. The van der Waals surface area contributed by atoms with Crippen LogP contribution in [0.2, 0.25) is 0 Å². The lowest BCUT2D eigenvalue weighted by Gasteiger charge is -2.16. The van der Waals surface area contributed by atoms with E-state index in [0.29, 0.717) is 5.75 Å². The van der Waals surface area contributed by atoms with Gasteiger partial charge in [-0.15, -0.1) is 0 Å².